The van der Waals surface area contributed by atoms with E-state index in [0.29, 0.717) is 29.0 Å². The standard InChI is InChI=1S/C12H20O/c1-8-4-5-9-11(8)10(13)6-7-12(9,2)3/h8-9,11H,4-7H2,1-3H3/t8-,9+,11+/m1/s1. The third-order valence-corrected chi connectivity index (χ3v) is 4.37. The number of hydrogen-bond acceptors (Lipinski definition) is 1. The topological polar surface area (TPSA) is 17.1 Å². The van der Waals surface area contributed by atoms with Crippen LogP contribution in [0, 0.1) is 23.2 Å². The van der Waals surface area contributed by atoms with E-state index in [4.69, 9.17) is 0 Å². The number of fused-ring (bicyclic) bond motifs is 1. The van der Waals surface area contributed by atoms with Gasteiger partial charge in [0.2, 0.25) is 0 Å². The number of carbonyl (C=O) groups is 1. The monoisotopic (exact) mass is 180 g/mol. The van der Waals surface area contributed by atoms with Gasteiger partial charge in [0.1, 0.15) is 5.78 Å². The molecule has 2 aliphatic rings. The van der Waals surface area contributed by atoms with Crippen LogP contribution in [0.5, 0.6) is 0 Å². The van der Waals surface area contributed by atoms with Gasteiger partial charge in [0.15, 0.2) is 0 Å². The highest BCUT2D eigenvalue weighted by Gasteiger charge is 2.48. The van der Waals surface area contributed by atoms with Crippen LogP contribution in [-0.4, -0.2) is 5.78 Å². The van der Waals surface area contributed by atoms with Gasteiger partial charge in [-0.15, -0.1) is 0 Å². The van der Waals surface area contributed by atoms with Crippen LogP contribution in [0.1, 0.15) is 46.5 Å². The number of rotatable bonds is 0. The Labute approximate surface area is 80.9 Å². The van der Waals surface area contributed by atoms with Gasteiger partial charge < -0.3 is 0 Å². The Morgan fingerprint density at radius 3 is 2.62 bits per heavy atom. The average Bonchev–Trinajstić information content (AvgIpc) is 2.42. The van der Waals surface area contributed by atoms with E-state index >= 15 is 0 Å². The molecule has 3 atom stereocenters. The van der Waals surface area contributed by atoms with Gasteiger partial charge in [-0.05, 0) is 36.5 Å². The number of ketones is 1. The molecule has 0 N–H and O–H groups in total. The molecule has 0 unspecified atom stereocenters. The van der Waals surface area contributed by atoms with E-state index < -0.39 is 0 Å². The van der Waals surface area contributed by atoms with E-state index in [0.717, 1.165) is 12.8 Å². The van der Waals surface area contributed by atoms with Gasteiger partial charge >= 0.3 is 0 Å². The lowest BCUT2D eigenvalue weighted by molar-refractivity contribution is -0.131. The fourth-order valence-corrected chi connectivity index (χ4v) is 3.41. The molecule has 1 nitrogen and oxygen atoms in total. The summed E-state index contributed by atoms with van der Waals surface area (Å²) >= 11 is 0. The molecule has 0 aromatic carbocycles. The molecule has 0 aromatic rings. The van der Waals surface area contributed by atoms with Gasteiger partial charge in [-0.1, -0.05) is 20.8 Å². The molecule has 2 fully saturated rings. The SMILES string of the molecule is C[C@@H]1CC[C@H]2[C@H]1C(=O)CCC2(C)C. The third-order valence-electron chi connectivity index (χ3n) is 4.37. The highest BCUT2D eigenvalue weighted by Crippen LogP contribution is 2.52. The van der Waals surface area contributed by atoms with Crippen molar-refractivity contribution in [3.63, 3.8) is 0 Å². The second-order valence-corrected chi connectivity index (χ2v) is 5.64. The zero-order chi connectivity index (χ0) is 9.64. The molecule has 0 amide bonds. The van der Waals surface area contributed by atoms with E-state index in [9.17, 15) is 4.79 Å². The van der Waals surface area contributed by atoms with Gasteiger partial charge in [-0.25, -0.2) is 0 Å². The van der Waals surface area contributed by atoms with Gasteiger partial charge in [0.05, 0.1) is 0 Å². The summed E-state index contributed by atoms with van der Waals surface area (Å²) in [6.45, 7) is 6.94. The Balaban J connectivity index is 2.26. The first-order chi connectivity index (χ1) is 6.02. The molecule has 0 heterocycles. The van der Waals surface area contributed by atoms with Crippen molar-refractivity contribution in [3.05, 3.63) is 0 Å². The Bertz CT molecular complexity index is 229. The Hall–Kier alpha value is -0.330. The number of hydrogen-bond donors (Lipinski definition) is 0. The summed E-state index contributed by atoms with van der Waals surface area (Å²) < 4.78 is 0. The minimum absolute atomic E-state index is 0.406. The highest BCUT2D eigenvalue weighted by atomic mass is 16.1. The molecule has 0 saturated heterocycles. The van der Waals surface area contributed by atoms with Crippen LogP contribution < -0.4 is 0 Å². The maximum absolute atomic E-state index is 11.8. The molecule has 0 spiro atoms. The van der Waals surface area contributed by atoms with E-state index in [-0.39, 0.29) is 0 Å². The molecule has 13 heavy (non-hydrogen) atoms. The molecule has 0 bridgehead atoms. The van der Waals surface area contributed by atoms with Crippen molar-refractivity contribution in [1.29, 1.82) is 0 Å². The summed E-state index contributed by atoms with van der Waals surface area (Å²) in [5.41, 5.74) is 0.420. The van der Waals surface area contributed by atoms with Gasteiger partial charge in [0, 0.05) is 12.3 Å². The van der Waals surface area contributed by atoms with E-state index in [2.05, 4.69) is 20.8 Å². The van der Waals surface area contributed by atoms with Crippen LogP contribution in [0.3, 0.4) is 0 Å². The maximum atomic E-state index is 11.8. The summed E-state index contributed by atoms with van der Waals surface area (Å²) in [6.07, 6.45) is 4.49. The normalized spacial score (nSPS) is 43.3. The molecule has 1 heteroatoms. The minimum atomic E-state index is 0.406. The van der Waals surface area contributed by atoms with Crippen molar-refractivity contribution in [1.82, 2.24) is 0 Å². The van der Waals surface area contributed by atoms with E-state index in [1.165, 1.54) is 12.8 Å². The Morgan fingerprint density at radius 1 is 1.31 bits per heavy atom. The average molecular weight is 180 g/mol. The largest absolute Gasteiger partial charge is 0.299 e. The lowest BCUT2D eigenvalue weighted by Gasteiger charge is -2.40. The lowest BCUT2D eigenvalue weighted by atomic mass is 9.63. The third kappa shape index (κ3) is 1.33. The van der Waals surface area contributed by atoms with Crippen molar-refractivity contribution in [2.45, 2.75) is 46.5 Å². The quantitative estimate of drug-likeness (QED) is 0.560. The predicted octanol–water partition coefficient (Wildman–Crippen LogP) is 3.04. The molecule has 2 saturated carbocycles. The Morgan fingerprint density at radius 2 is 2.00 bits per heavy atom. The second-order valence-electron chi connectivity index (χ2n) is 5.64. The first-order valence-electron chi connectivity index (χ1n) is 5.55. The van der Waals surface area contributed by atoms with Crippen molar-refractivity contribution >= 4 is 5.78 Å². The second kappa shape index (κ2) is 2.83. The fourth-order valence-electron chi connectivity index (χ4n) is 3.41. The van der Waals surface area contributed by atoms with Crippen LogP contribution >= 0.6 is 0 Å². The van der Waals surface area contributed by atoms with Crippen LogP contribution in [0.25, 0.3) is 0 Å². The van der Waals surface area contributed by atoms with Crippen LogP contribution in [0.2, 0.25) is 0 Å². The summed E-state index contributed by atoms with van der Waals surface area (Å²) in [7, 11) is 0. The molecular formula is C12H20O. The Kier molecular flexibility index (Phi) is 2.01. The predicted molar refractivity (Wildman–Crippen MR) is 53.4 cm³/mol. The molecule has 74 valence electrons. The molecule has 2 aliphatic carbocycles. The lowest BCUT2D eigenvalue weighted by Crippen LogP contribution is -2.38. The summed E-state index contributed by atoms with van der Waals surface area (Å²) in [4.78, 5) is 11.8. The first-order valence-corrected chi connectivity index (χ1v) is 5.55. The van der Waals surface area contributed by atoms with Gasteiger partial charge in [-0.2, -0.15) is 0 Å². The maximum Gasteiger partial charge on any atom is 0.136 e. The summed E-state index contributed by atoms with van der Waals surface area (Å²) in [5.74, 6) is 2.29. The fraction of sp³-hybridized carbons (Fsp3) is 0.917. The smallest absolute Gasteiger partial charge is 0.136 e. The van der Waals surface area contributed by atoms with E-state index in [1.807, 2.05) is 0 Å². The zero-order valence-electron chi connectivity index (χ0n) is 8.97. The van der Waals surface area contributed by atoms with Crippen LogP contribution in [0.15, 0.2) is 0 Å². The van der Waals surface area contributed by atoms with Crippen LogP contribution in [0.4, 0.5) is 0 Å². The van der Waals surface area contributed by atoms with Gasteiger partial charge in [0.25, 0.3) is 0 Å². The minimum Gasteiger partial charge on any atom is -0.299 e. The van der Waals surface area contributed by atoms with Gasteiger partial charge in [-0.3, -0.25) is 4.79 Å². The molecule has 2 rings (SSSR count). The van der Waals surface area contributed by atoms with E-state index in [1.54, 1.807) is 0 Å². The van der Waals surface area contributed by atoms with Crippen molar-refractivity contribution in [2.75, 3.05) is 0 Å². The molecule has 0 aliphatic heterocycles. The highest BCUT2D eigenvalue weighted by molar-refractivity contribution is 5.83. The summed E-state index contributed by atoms with van der Waals surface area (Å²) in [5, 5.41) is 0. The molecule has 0 aromatic heterocycles. The number of Topliss-reactive ketones (excluding diaryl/α,β-unsaturated/α-hetero) is 1. The molecule has 0 radical (unpaired) electrons. The van der Waals surface area contributed by atoms with Crippen molar-refractivity contribution in [3.8, 4) is 0 Å². The first kappa shape index (κ1) is 9.23. The summed E-state index contributed by atoms with van der Waals surface area (Å²) in [6, 6.07) is 0. The number of carbonyl (C=O) groups excluding carboxylic acids is 1. The van der Waals surface area contributed by atoms with Crippen molar-refractivity contribution < 1.29 is 4.79 Å². The zero-order valence-corrected chi connectivity index (χ0v) is 8.97. The van der Waals surface area contributed by atoms with Crippen molar-refractivity contribution in [2.24, 2.45) is 23.2 Å². The molecular weight excluding hydrogens is 160 g/mol. The van der Waals surface area contributed by atoms with Crippen LogP contribution in [-0.2, 0) is 4.79 Å².